The van der Waals surface area contributed by atoms with E-state index in [2.05, 4.69) is 103 Å². The van der Waals surface area contributed by atoms with Gasteiger partial charge >= 0.3 is 0 Å². The summed E-state index contributed by atoms with van der Waals surface area (Å²) in [4.78, 5) is 10.1. The Morgan fingerprint density at radius 3 is 1.68 bits per heavy atom. The predicted molar refractivity (Wildman–Crippen MR) is 151 cm³/mol. The van der Waals surface area contributed by atoms with Gasteiger partial charge in [0.15, 0.2) is 11.4 Å². The van der Waals surface area contributed by atoms with E-state index in [0.29, 0.717) is 11.4 Å². The molecule has 0 amide bonds. The highest BCUT2D eigenvalue weighted by molar-refractivity contribution is 6.07. The molecule has 0 saturated heterocycles. The molecular formula is C34H22N2O. The van der Waals surface area contributed by atoms with Crippen LogP contribution in [-0.2, 0) is 0 Å². The molecule has 0 unspecified atom stereocenters. The first kappa shape index (κ1) is 21.3. The zero-order valence-corrected chi connectivity index (χ0v) is 20.0. The molecule has 2 heterocycles. The highest BCUT2D eigenvalue weighted by Gasteiger charge is 2.18. The highest BCUT2D eigenvalue weighted by atomic mass is 16.3. The molecule has 0 bridgehead atoms. The van der Waals surface area contributed by atoms with Gasteiger partial charge in [0.05, 0.1) is 0 Å². The van der Waals surface area contributed by atoms with Crippen LogP contribution in [-0.4, -0.2) is 9.97 Å². The van der Waals surface area contributed by atoms with Crippen molar-refractivity contribution in [3.05, 3.63) is 133 Å². The minimum Gasteiger partial charge on any atom is -0.452 e. The molecule has 0 fully saturated rings. The molecule has 7 rings (SSSR count). The lowest BCUT2D eigenvalue weighted by molar-refractivity contribution is 0.667. The summed E-state index contributed by atoms with van der Waals surface area (Å²) in [7, 11) is 0. The van der Waals surface area contributed by atoms with Gasteiger partial charge in [-0.05, 0) is 46.5 Å². The highest BCUT2D eigenvalue weighted by Crippen LogP contribution is 2.37. The standard InChI is InChI=1S/C34H22N2O/c1-3-11-23(12-4-1)25-15-9-17-27(21-25)31-33-32(29-19-7-8-20-30(29)37-33)36-34(35-31)28-18-10-16-26(22-28)24-13-5-2-6-14-24/h1-22H. The second-order valence-corrected chi connectivity index (χ2v) is 9.07. The van der Waals surface area contributed by atoms with E-state index in [-0.39, 0.29) is 0 Å². The third kappa shape index (κ3) is 3.87. The molecule has 2 aromatic heterocycles. The van der Waals surface area contributed by atoms with Crippen molar-refractivity contribution in [2.75, 3.05) is 0 Å². The lowest BCUT2D eigenvalue weighted by Crippen LogP contribution is -1.94. The summed E-state index contributed by atoms with van der Waals surface area (Å²) in [5, 5.41) is 0.987. The monoisotopic (exact) mass is 474 g/mol. The Balaban J connectivity index is 1.46. The molecule has 3 heteroatoms. The number of fused-ring (bicyclic) bond motifs is 3. The van der Waals surface area contributed by atoms with Crippen LogP contribution in [0.15, 0.2) is 138 Å². The summed E-state index contributed by atoms with van der Waals surface area (Å²) < 4.78 is 6.34. The minimum absolute atomic E-state index is 0.678. The first-order chi connectivity index (χ1) is 18.3. The lowest BCUT2D eigenvalue weighted by Gasteiger charge is -2.09. The van der Waals surface area contributed by atoms with Crippen molar-refractivity contribution in [3.63, 3.8) is 0 Å². The molecule has 5 aromatic carbocycles. The number of furan rings is 1. The molecule has 0 spiro atoms. The van der Waals surface area contributed by atoms with Crippen LogP contribution in [0.2, 0.25) is 0 Å². The molecule has 174 valence electrons. The summed E-state index contributed by atoms with van der Waals surface area (Å²) in [6.07, 6.45) is 0. The topological polar surface area (TPSA) is 38.9 Å². The van der Waals surface area contributed by atoms with Gasteiger partial charge in [-0.3, -0.25) is 0 Å². The van der Waals surface area contributed by atoms with Gasteiger partial charge in [0.2, 0.25) is 0 Å². The SMILES string of the molecule is c1ccc(-c2cccc(-c3nc(-c4cccc(-c5ccccc5)c4)c4oc5ccccc5c4n3)c2)cc1. The second-order valence-electron chi connectivity index (χ2n) is 9.07. The van der Waals surface area contributed by atoms with Crippen LogP contribution in [0.4, 0.5) is 0 Å². The minimum atomic E-state index is 0.678. The Morgan fingerprint density at radius 1 is 0.432 bits per heavy atom. The fraction of sp³-hybridized carbons (Fsp3) is 0. The molecule has 0 aliphatic rings. The number of aromatic nitrogens is 2. The van der Waals surface area contributed by atoms with Crippen LogP contribution in [0.5, 0.6) is 0 Å². The number of rotatable bonds is 4. The van der Waals surface area contributed by atoms with E-state index in [1.807, 2.05) is 30.3 Å². The average molecular weight is 475 g/mol. The molecule has 0 saturated carbocycles. The average Bonchev–Trinajstić information content (AvgIpc) is 3.36. The van der Waals surface area contributed by atoms with Gasteiger partial charge in [-0.1, -0.05) is 109 Å². The van der Waals surface area contributed by atoms with Crippen LogP contribution in [0.3, 0.4) is 0 Å². The largest absolute Gasteiger partial charge is 0.452 e. The van der Waals surface area contributed by atoms with Gasteiger partial charge in [-0.15, -0.1) is 0 Å². The van der Waals surface area contributed by atoms with Gasteiger partial charge < -0.3 is 4.42 Å². The maximum atomic E-state index is 6.34. The van der Waals surface area contributed by atoms with Gasteiger partial charge in [0.1, 0.15) is 16.8 Å². The van der Waals surface area contributed by atoms with Crippen molar-refractivity contribution < 1.29 is 4.42 Å². The summed E-state index contributed by atoms with van der Waals surface area (Å²) in [6.45, 7) is 0. The first-order valence-electron chi connectivity index (χ1n) is 12.3. The Labute approximate surface area is 214 Å². The molecule has 0 aliphatic carbocycles. The van der Waals surface area contributed by atoms with Gasteiger partial charge in [-0.2, -0.15) is 0 Å². The number of hydrogen-bond donors (Lipinski definition) is 0. The smallest absolute Gasteiger partial charge is 0.180 e. The number of para-hydroxylation sites is 1. The number of hydrogen-bond acceptors (Lipinski definition) is 3. The van der Waals surface area contributed by atoms with E-state index in [9.17, 15) is 0 Å². The van der Waals surface area contributed by atoms with Crippen molar-refractivity contribution in [3.8, 4) is 44.9 Å². The predicted octanol–water partition coefficient (Wildman–Crippen LogP) is 9.04. The van der Waals surface area contributed by atoms with Gasteiger partial charge in [0, 0.05) is 16.5 Å². The van der Waals surface area contributed by atoms with E-state index >= 15 is 0 Å². The molecule has 37 heavy (non-hydrogen) atoms. The third-order valence-corrected chi connectivity index (χ3v) is 6.69. The Bertz CT molecular complexity index is 1870. The zero-order valence-electron chi connectivity index (χ0n) is 20.0. The van der Waals surface area contributed by atoms with Gasteiger partial charge in [0.25, 0.3) is 0 Å². The van der Waals surface area contributed by atoms with Crippen molar-refractivity contribution >= 4 is 22.1 Å². The first-order valence-corrected chi connectivity index (χ1v) is 12.3. The normalized spacial score (nSPS) is 11.2. The fourth-order valence-electron chi connectivity index (χ4n) is 4.86. The second kappa shape index (κ2) is 8.89. The van der Waals surface area contributed by atoms with E-state index in [4.69, 9.17) is 14.4 Å². The van der Waals surface area contributed by atoms with Crippen LogP contribution < -0.4 is 0 Å². The fourth-order valence-corrected chi connectivity index (χ4v) is 4.86. The Kier molecular flexibility index (Phi) is 5.11. The molecule has 0 aliphatic heterocycles. The van der Waals surface area contributed by atoms with Crippen molar-refractivity contribution in [1.82, 2.24) is 9.97 Å². The summed E-state index contributed by atoms with van der Waals surface area (Å²) in [5.41, 5.74) is 9.68. The van der Waals surface area contributed by atoms with Crippen LogP contribution in [0.25, 0.3) is 67.0 Å². The van der Waals surface area contributed by atoms with E-state index in [1.165, 1.54) is 0 Å². The lowest BCUT2D eigenvalue weighted by atomic mass is 10.0. The zero-order chi connectivity index (χ0) is 24.6. The Hall–Kier alpha value is -5.02. The molecular weight excluding hydrogens is 452 g/mol. The van der Waals surface area contributed by atoms with Crippen molar-refractivity contribution in [1.29, 1.82) is 0 Å². The van der Waals surface area contributed by atoms with Crippen LogP contribution in [0, 0.1) is 0 Å². The summed E-state index contributed by atoms with van der Waals surface area (Å²) >= 11 is 0. The molecule has 3 nitrogen and oxygen atoms in total. The van der Waals surface area contributed by atoms with Crippen LogP contribution in [0.1, 0.15) is 0 Å². The van der Waals surface area contributed by atoms with Crippen molar-refractivity contribution in [2.45, 2.75) is 0 Å². The Morgan fingerprint density at radius 2 is 0.973 bits per heavy atom. The molecule has 0 N–H and O–H groups in total. The molecule has 7 aromatic rings. The third-order valence-electron chi connectivity index (χ3n) is 6.69. The van der Waals surface area contributed by atoms with E-state index in [1.54, 1.807) is 0 Å². The van der Waals surface area contributed by atoms with E-state index in [0.717, 1.165) is 55.6 Å². The van der Waals surface area contributed by atoms with E-state index < -0.39 is 0 Å². The van der Waals surface area contributed by atoms with Crippen molar-refractivity contribution in [2.24, 2.45) is 0 Å². The number of benzene rings is 5. The molecule has 0 radical (unpaired) electrons. The summed E-state index contributed by atoms with van der Waals surface area (Å²) in [6, 6.07) is 45.7. The molecule has 0 atom stereocenters. The maximum Gasteiger partial charge on any atom is 0.180 e. The van der Waals surface area contributed by atoms with Gasteiger partial charge in [-0.25, -0.2) is 9.97 Å². The number of nitrogens with zero attached hydrogens (tertiary/aromatic N) is 2. The maximum absolute atomic E-state index is 6.34. The summed E-state index contributed by atoms with van der Waals surface area (Å²) in [5.74, 6) is 0.678. The van der Waals surface area contributed by atoms with Crippen LogP contribution >= 0.6 is 0 Å². The quantitative estimate of drug-likeness (QED) is 0.255.